The summed E-state index contributed by atoms with van der Waals surface area (Å²) in [6, 6.07) is 10.3. The molecule has 1 aliphatic rings. The number of nitrogens with one attached hydrogen (secondary N) is 1. The number of benzene rings is 1. The molecule has 2 rings (SSSR count). The van der Waals surface area contributed by atoms with Gasteiger partial charge in [0.25, 0.3) is 0 Å². The number of hydrogen-bond donors (Lipinski definition) is 1. The van der Waals surface area contributed by atoms with Crippen molar-refractivity contribution in [3.8, 4) is 11.8 Å². The van der Waals surface area contributed by atoms with E-state index in [-0.39, 0.29) is 6.61 Å². The first-order valence-corrected chi connectivity index (χ1v) is 7.20. The molecule has 1 N–H and O–H groups in total. The Morgan fingerprint density at radius 2 is 2.15 bits per heavy atom. The molecule has 20 heavy (non-hydrogen) atoms. The van der Waals surface area contributed by atoms with E-state index in [9.17, 15) is 0 Å². The van der Waals surface area contributed by atoms with E-state index in [4.69, 9.17) is 14.7 Å². The van der Waals surface area contributed by atoms with Crippen LogP contribution in [0.25, 0.3) is 0 Å². The average Bonchev–Trinajstić information content (AvgIpc) is 2.52. The van der Waals surface area contributed by atoms with E-state index in [0.717, 1.165) is 43.9 Å². The number of rotatable bonds is 6. The Kier molecular flexibility index (Phi) is 5.85. The normalized spacial score (nSPS) is 17.4. The molecule has 0 spiro atoms. The summed E-state index contributed by atoms with van der Waals surface area (Å²) in [5, 5.41) is 12.2. The molecule has 0 bridgehead atoms. The summed E-state index contributed by atoms with van der Waals surface area (Å²) in [6.07, 6.45) is 2.25. The van der Waals surface area contributed by atoms with Crippen LogP contribution in [0.3, 0.4) is 0 Å². The number of ether oxygens (including phenoxy) is 2. The minimum absolute atomic E-state index is 0.0898. The van der Waals surface area contributed by atoms with Crippen LogP contribution in [-0.4, -0.2) is 25.9 Å². The highest BCUT2D eigenvalue weighted by atomic mass is 16.5. The summed E-state index contributed by atoms with van der Waals surface area (Å²) in [5.41, 5.74) is 1.10. The summed E-state index contributed by atoms with van der Waals surface area (Å²) in [7, 11) is 0. The molecule has 0 aromatic heterocycles. The van der Waals surface area contributed by atoms with Crippen LogP contribution in [-0.2, 0) is 11.3 Å². The highest BCUT2D eigenvalue weighted by Crippen LogP contribution is 2.21. The van der Waals surface area contributed by atoms with Crippen molar-refractivity contribution in [2.24, 2.45) is 5.92 Å². The maximum absolute atomic E-state index is 8.60. The van der Waals surface area contributed by atoms with E-state index < -0.39 is 0 Å². The van der Waals surface area contributed by atoms with Crippen molar-refractivity contribution in [3.63, 3.8) is 0 Å². The van der Waals surface area contributed by atoms with Gasteiger partial charge in [-0.15, -0.1) is 0 Å². The summed E-state index contributed by atoms with van der Waals surface area (Å²) < 4.78 is 10.8. The zero-order valence-corrected chi connectivity index (χ0v) is 12.0. The van der Waals surface area contributed by atoms with Crippen molar-refractivity contribution < 1.29 is 9.47 Å². The molecule has 0 saturated carbocycles. The smallest absolute Gasteiger partial charge is 0.174 e. The lowest BCUT2D eigenvalue weighted by atomic mass is 9.93. The van der Waals surface area contributed by atoms with Gasteiger partial charge in [0.15, 0.2) is 6.61 Å². The van der Waals surface area contributed by atoms with Gasteiger partial charge in [0.2, 0.25) is 0 Å². The van der Waals surface area contributed by atoms with E-state index in [1.165, 1.54) is 0 Å². The second kappa shape index (κ2) is 7.88. The predicted octanol–water partition coefficient (Wildman–Crippen LogP) is 2.49. The SMILES string of the molecule is CC(NCc1ccccc1OCC#N)C1CCOCC1. The third-order valence-electron chi connectivity index (χ3n) is 3.85. The molecule has 1 aromatic rings. The Labute approximate surface area is 120 Å². The van der Waals surface area contributed by atoms with Crippen molar-refractivity contribution in [1.29, 1.82) is 5.26 Å². The lowest BCUT2D eigenvalue weighted by Gasteiger charge is -2.28. The Morgan fingerprint density at radius 3 is 2.90 bits per heavy atom. The van der Waals surface area contributed by atoms with Gasteiger partial charge < -0.3 is 14.8 Å². The van der Waals surface area contributed by atoms with Gasteiger partial charge in [0.1, 0.15) is 11.8 Å². The highest BCUT2D eigenvalue weighted by Gasteiger charge is 2.20. The Hall–Kier alpha value is -1.57. The first-order chi connectivity index (χ1) is 9.81. The molecule has 0 aliphatic carbocycles. The second-order valence-electron chi connectivity index (χ2n) is 5.17. The van der Waals surface area contributed by atoms with Crippen LogP contribution >= 0.6 is 0 Å². The van der Waals surface area contributed by atoms with Crippen molar-refractivity contribution in [1.82, 2.24) is 5.32 Å². The molecule has 1 heterocycles. The van der Waals surface area contributed by atoms with Crippen molar-refractivity contribution in [2.45, 2.75) is 32.4 Å². The van der Waals surface area contributed by atoms with E-state index in [0.29, 0.717) is 12.0 Å². The Morgan fingerprint density at radius 1 is 1.40 bits per heavy atom. The minimum Gasteiger partial charge on any atom is -0.478 e. The predicted molar refractivity (Wildman–Crippen MR) is 77.4 cm³/mol. The van der Waals surface area contributed by atoms with Gasteiger partial charge in [0.05, 0.1) is 0 Å². The Balaban J connectivity index is 1.88. The highest BCUT2D eigenvalue weighted by molar-refractivity contribution is 5.33. The molecule has 0 radical (unpaired) electrons. The third kappa shape index (κ3) is 4.22. The van der Waals surface area contributed by atoms with Crippen LogP contribution in [0.1, 0.15) is 25.3 Å². The molecule has 4 heteroatoms. The summed E-state index contributed by atoms with van der Waals surface area (Å²) >= 11 is 0. The van der Waals surface area contributed by atoms with E-state index in [2.05, 4.69) is 12.2 Å². The van der Waals surface area contributed by atoms with Gasteiger partial charge in [0, 0.05) is 31.4 Å². The molecule has 1 atom stereocenters. The van der Waals surface area contributed by atoms with Gasteiger partial charge in [-0.1, -0.05) is 18.2 Å². The lowest BCUT2D eigenvalue weighted by Crippen LogP contribution is -2.36. The zero-order chi connectivity index (χ0) is 14.2. The summed E-state index contributed by atoms with van der Waals surface area (Å²) in [6.45, 7) is 4.83. The second-order valence-corrected chi connectivity index (χ2v) is 5.17. The molecule has 0 amide bonds. The van der Waals surface area contributed by atoms with E-state index in [1.54, 1.807) is 0 Å². The topological polar surface area (TPSA) is 54.3 Å². The van der Waals surface area contributed by atoms with Gasteiger partial charge in [-0.3, -0.25) is 0 Å². The molecule has 108 valence electrons. The Bertz CT molecular complexity index is 450. The molecule has 1 saturated heterocycles. The van der Waals surface area contributed by atoms with Crippen molar-refractivity contribution in [2.75, 3.05) is 19.8 Å². The van der Waals surface area contributed by atoms with Crippen LogP contribution < -0.4 is 10.1 Å². The van der Waals surface area contributed by atoms with Gasteiger partial charge in [-0.2, -0.15) is 5.26 Å². The van der Waals surface area contributed by atoms with Crippen LogP contribution in [0.15, 0.2) is 24.3 Å². The molecule has 1 fully saturated rings. The largest absolute Gasteiger partial charge is 0.478 e. The zero-order valence-electron chi connectivity index (χ0n) is 12.0. The fourth-order valence-corrected chi connectivity index (χ4v) is 2.55. The van der Waals surface area contributed by atoms with Crippen LogP contribution in [0.4, 0.5) is 0 Å². The van der Waals surface area contributed by atoms with E-state index >= 15 is 0 Å². The summed E-state index contributed by atoms with van der Waals surface area (Å²) in [4.78, 5) is 0. The van der Waals surface area contributed by atoms with Crippen LogP contribution in [0, 0.1) is 17.2 Å². The first-order valence-electron chi connectivity index (χ1n) is 7.20. The maximum Gasteiger partial charge on any atom is 0.174 e. The first kappa shape index (κ1) is 14.8. The molecule has 1 aromatic carbocycles. The number of nitriles is 1. The summed E-state index contributed by atoms with van der Waals surface area (Å²) in [5.74, 6) is 1.47. The minimum atomic E-state index is 0.0898. The van der Waals surface area contributed by atoms with Gasteiger partial charge in [-0.25, -0.2) is 0 Å². The molecular weight excluding hydrogens is 252 g/mol. The monoisotopic (exact) mass is 274 g/mol. The molecule has 1 unspecified atom stereocenters. The van der Waals surface area contributed by atoms with Gasteiger partial charge >= 0.3 is 0 Å². The molecule has 1 aliphatic heterocycles. The molecule has 4 nitrogen and oxygen atoms in total. The van der Waals surface area contributed by atoms with Crippen LogP contribution in [0.2, 0.25) is 0 Å². The fraction of sp³-hybridized carbons (Fsp3) is 0.562. The van der Waals surface area contributed by atoms with Crippen molar-refractivity contribution >= 4 is 0 Å². The van der Waals surface area contributed by atoms with Crippen LogP contribution in [0.5, 0.6) is 5.75 Å². The number of hydrogen-bond acceptors (Lipinski definition) is 4. The molecular formula is C16H22N2O2. The quantitative estimate of drug-likeness (QED) is 0.866. The fourth-order valence-electron chi connectivity index (χ4n) is 2.55. The third-order valence-corrected chi connectivity index (χ3v) is 3.85. The van der Waals surface area contributed by atoms with E-state index in [1.807, 2.05) is 30.3 Å². The number of nitrogens with zero attached hydrogens (tertiary/aromatic N) is 1. The lowest BCUT2D eigenvalue weighted by molar-refractivity contribution is 0.0557. The maximum atomic E-state index is 8.60. The van der Waals surface area contributed by atoms with Crippen molar-refractivity contribution in [3.05, 3.63) is 29.8 Å². The average molecular weight is 274 g/mol. The standard InChI is InChI=1S/C16H22N2O2/c1-13(14-6-9-19-10-7-14)18-12-15-4-2-3-5-16(15)20-11-8-17/h2-5,13-14,18H,6-7,9-12H2,1H3. The number of para-hydroxylation sites is 1. The van der Waals surface area contributed by atoms with Gasteiger partial charge in [-0.05, 0) is 31.7 Å².